The Kier molecular flexibility index (Phi) is 9.38. The molecule has 116 valence electrons. The van der Waals surface area contributed by atoms with E-state index in [1.54, 1.807) is 0 Å². The fourth-order valence-electron chi connectivity index (χ4n) is 2.42. The van der Waals surface area contributed by atoms with Gasteiger partial charge in [-0.1, -0.05) is 65.7 Å². The number of unbranched alkanes of at least 4 members (excludes halogenated alkanes) is 7. The van der Waals surface area contributed by atoms with Gasteiger partial charge in [0.05, 0.1) is 5.69 Å². The quantitative estimate of drug-likeness (QED) is 0.570. The van der Waals surface area contributed by atoms with E-state index < -0.39 is 0 Å². The van der Waals surface area contributed by atoms with Gasteiger partial charge >= 0.3 is 0 Å². The van der Waals surface area contributed by atoms with Crippen LogP contribution in [0.15, 0.2) is 12.3 Å². The lowest BCUT2D eigenvalue weighted by molar-refractivity contribution is 0.490. The van der Waals surface area contributed by atoms with E-state index in [1.165, 1.54) is 57.1 Å². The molecule has 1 heterocycles. The van der Waals surface area contributed by atoms with Crippen molar-refractivity contribution in [3.8, 4) is 0 Å². The molecular formula is C17H33N3. The van der Waals surface area contributed by atoms with Crippen LogP contribution in [0.3, 0.4) is 0 Å². The molecule has 1 aromatic rings. The molecule has 0 aliphatic carbocycles. The Morgan fingerprint density at radius 3 is 2.35 bits per heavy atom. The molecule has 0 aromatic carbocycles. The van der Waals surface area contributed by atoms with E-state index in [1.807, 2.05) is 6.20 Å². The van der Waals surface area contributed by atoms with Crippen molar-refractivity contribution in [3.05, 3.63) is 18.0 Å². The summed E-state index contributed by atoms with van der Waals surface area (Å²) in [6.07, 6.45) is 12.9. The Morgan fingerprint density at radius 1 is 1.05 bits per heavy atom. The van der Waals surface area contributed by atoms with Crippen LogP contribution in [-0.4, -0.2) is 15.8 Å². The van der Waals surface area contributed by atoms with Gasteiger partial charge in [-0.3, -0.25) is 4.68 Å². The summed E-state index contributed by atoms with van der Waals surface area (Å²) in [5.41, 5.74) is 1.31. The minimum atomic E-state index is 0.529. The first-order chi connectivity index (χ1) is 9.74. The van der Waals surface area contributed by atoms with Gasteiger partial charge in [0.1, 0.15) is 0 Å². The molecule has 0 saturated heterocycles. The zero-order valence-electron chi connectivity index (χ0n) is 13.7. The van der Waals surface area contributed by atoms with Gasteiger partial charge in [0.2, 0.25) is 0 Å². The Balaban J connectivity index is 2.08. The molecule has 0 aliphatic heterocycles. The van der Waals surface area contributed by atoms with E-state index in [2.05, 4.69) is 41.9 Å². The minimum Gasteiger partial charge on any atom is -0.309 e. The van der Waals surface area contributed by atoms with Crippen LogP contribution in [0.4, 0.5) is 0 Å². The van der Waals surface area contributed by atoms with Gasteiger partial charge in [-0.05, 0) is 12.5 Å². The first kappa shape index (κ1) is 17.2. The van der Waals surface area contributed by atoms with E-state index in [9.17, 15) is 0 Å². The second kappa shape index (κ2) is 10.9. The van der Waals surface area contributed by atoms with Gasteiger partial charge in [-0.15, -0.1) is 0 Å². The third-order valence-electron chi connectivity index (χ3n) is 3.72. The van der Waals surface area contributed by atoms with Crippen LogP contribution in [0.1, 0.15) is 77.8 Å². The summed E-state index contributed by atoms with van der Waals surface area (Å²) in [6, 6.07) is 2.65. The van der Waals surface area contributed by atoms with Crippen LogP contribution in [0.5, 0.6) is 0 Å². The highest BCUT2D eigenvalue weighted by Crippen LogP contribution is 2.09. The van der Waals surface area contributed by atoms with E-state index in [-0.39, 0.29) is 0 Å². The maximum atomic E-state index is 4.43. The topological polar surface area (TPSA) is 29.9 Å². The summed E-state index contributed by atoms with van der Waals surface area (Å²) in [6.45, 7) is 8.63. The van der Waals surface area contributed by atoms with Crippen molar-refractivity contribution in [2.75, 3.05) is 0 Å². The normalized spacial score (nSPS) is 11.4. The maximum Gasteiger partial charge on any atom is 0.0522 e. The number of hydrogen-bond donors (Lipinski definition) is 1. The molecule has 0 aliphatic rings. The predicted molar refractivity (Wildman–Crippen MR) is 86.8 cm³/mol. The molecule has 0 amide bonds. The van der Waals surface area contributed by atoms with Crippen molar-refractivity contribution in [2.45, 2.75) is 91.3 Å². The minimum absolute atomic E-state index is 0.529. The van der Waals surface area contributed by atoms with Gasteiger partial charge in [-0.25, -0.2) is 0 Å². The summed E-state index contributed by atoms with van der Waals surface area (Å²) < 4.78 is 2.16. The average Bonchev–Trinajstić information content (AvgIpc) is 2.87. The number of hydrogen-bond acceptors (Lipinski definition) is 2. The molecule has 1 N–H and O–H groups in total. The van der Waals surface area contributed by atoms with E-state index >= 15 is 0 Å². The number of nitrogens with one attached hydrogen (secondary N) is 1. The highest BCUT2D eigenvalue weighted by atomic mass is 15.3. The number of nitrogens with zero attached hydrogens (tertiary/aromatic N) is 2. The lowest BCUT2D eigenvalue weighted by Gasteiger charge is -2.10. The molecule has 0 atom stereocenters. The first-order valence-corrected chi connectivity index (χ1v) is 8.48. The smallest absolute Gasteiger partial charge is 0.0522 e. The summed E-state index contributed by atoms with van der Waals surface area (Å²) in [5.74, 6) is 0. The molecule has 3 heteroatoms. The van der Waals surface area contributed by atoms with Crippen LogP contribution >= 0.6 is 0 Å². The standard InChI is InChI=1S/C17H33N3/c1-4-5-6-7-8-9-10-11-14-20-17(12-13-19-20)15-18-16(2)3/h12-13,16,18H,4-11,14-15H2,1-3H3. The first-order valence-electron chi connectivity index (χ1n) is 8.48. The summed E-state index contributed by atoms with van der Waals surface area (Å²) >= 11 is 0. The third-order valence-corrected chi connectivity index (χ3v) is 3.72. The zero-order valence-corrected chi connectivity index (χ0v) is 13.7. The number of aryl methyl sites for hydroxylation is 1. The lowest BCUT2D eigenvalue weighted by atomic mass is 10.1. The van der Waals surface area contributed by atoms with Crippen LogP contribution in [0.2, 0.25) is 0 Å². The van der Waals surface area contributed by atoms with Crippen molar-refractivity contribution in [3.63, 3.8) is 0 Å². The van der Waals surface area contributed by atoms with Gasteiger partial charge in [-0.2, -0.15) is 5.10 Å². The highest BCUT2D eigenvalue weighted by molar-refractivity contribution is 5.00. The van der Waals surface area contributed by atoms with Crippen molar-refractivity contribution in [1.82, 2.24) is 15.1 Å². The zero-order chi connectivity index (χ0) is 14.6. The van der Waals surface area contributed by atoms with E-state index in [0.717, 1.165) is 13.1 Å². The molecule has 3 nitrogen and oxygen atoms in total. The monoisotopic (exact) mass is 279 g/mol. The number of rotatable bonds is 12. The van der Waals surface area contributed by atoms with E-state index in [0.29, 0.717) is 6.04 Å². The van der Waals surface area contributed by atoms with Crippen LogP contribution in [-0.2, 0) is 13.1 Å². The second-order valence-corrected chi connectivity index (χ2v) is 6.06. The molecule has 0 radical (unpaired) electrons. The molecular weight excluding hydrogens is 246 g/mol. The van der Waals surface area contributed by atoms with Gasteiger partial charge in [0.15, 0.2) is 0 Å². The molecule has 0 unspecified atom stereocenters. The molecule has 1 rings (SSSR count). The highest BCUT2D eigenvalue weighted by Gasteiger charge is 2.02. The average molecular weight is 279 g/mol. The van der Waals surface area contributed by atoms with Crippen LogP contribution in [0.25, 0.3) is 0 Å². The summed E-state index contributed by atoms with van der Waals surface area (Å²) in [4.78, 5) is 0. The Morgan fingerprint density at radius 2 is 1.70 bits per heavy atom. The van der Waals surface area contributed by atoms with Gasteiger partial charge in [0, 0.05) is 25.3 Å². The van der Waals surface area contributed by atoms with Crippen molar-refractivity contribution < 1.29 is 0 Å². The van der Waals surface area contributed by atoms with Crippen LogP contribution in [0, 0.1) is 0 Å². The van der Waals surface area contributed by atoms with Crippen LogP contribution < -0.4 is 5.32 Å². The summed E-state index contributed by atoms with van der Waals surface area (Å²) in [7, 11) is 0. The summed E-state index contributed by atoms with van der Waals surface area (Å²) in [5, 5.41) is 7.89. The molecule has 0 saturated carbocycles. The maximum absolute atomic E-state index is 4.43. The van der Waals surface area contributed by atoms with Crippen molar-refractivity contribution >= 4 is 0 Å². The fourth-order valence-corrected chi connectivity index (χ4v) is 2.42. The largest absolute Gasteiger partial charge is 0.309 e. The van der Waals surface area contributed by atoms with Gasteiger partial charge in [0.25, 0.3) is 0 Å². The van der Waals surface area contributed by atoms with Crippen molar-refractivity contribution in [2.24, 2.45) is 0 Å². The third kappa shape index (κ3) is 7.68. The molecule has 0 bridgehead atoms. The SMILES string of the molecule is CCCCCCCCCCn1nccc1CNC(C)C. The Bertz CT molecular complexity index is 331. The molecule has 1 aromatic heterocycles. The fraction of sp³-hybridized carbons (Fsp3) is 0.824. The Labute approximate surface area is 125 Å². The van der Waals surface area contributed by atoms with Crippen molar-refractivity contribution in [1.29, 1.82) is 0 Å². The lowest BCUT2D eigenvalue weighted by Crippen LogP contribution is -2.23. The molecule has 20 heavy (non-hydrogen) atoms. The molecule has 0 fully saturated rings. The number of aromatic nitrogens is 2. The second-order valence-electron chi connectivity index (χ2n) is 6.06. The molecule has 0 spiro atoms. The predicted octanol–water partition coefficient (Wildman–Crippen LogP) is 4.52. The van der Waals surface area contributed by atoms with Gasteiger partial charge < -0.3 is 5.32 Å². The van der Waals surface area contributed by atoms with E-state index in [4.69, 9.17) is 0 Å². The Hall–Kier alpha value is -0.830.